The van der Waals surface area contributed by atoms with Crippen LogP contribution in [-0.4, -0.2) is 29.7 Å². The zero-order chi connectivity index (χ0) is 14.5. The first-order valence-corrected chi connectivity index (χ1v) is 7.14. The predicted octanol–water partition coefficient (Wildman–Crippen LogP) is 2.78. The number of nitrogens with two attached hydrogens (primary N) is 1. The summed E-state index contributed by atoms with van der Waals surface area (Å²) in [4.78, 5) is 14.0. The van der Waals surface area contributed by atoms with Crippen molar-refractivity contribution in [3.05, 3.63) is 29.8 Å². The summed E-state index contributed by atoms with van der Waals surface area (Å²) in [5.41, 5.74) is 7.61. The average Bonchev–Trinajstić information content (AvgIpc) is 2.90. The summed E-state index contributed by atoms with van der Waals surface area (Å²) in [5.74, 6) is 0.553. The van der Waals surface area contributed by atoms with Crippen LogP contribution in [0.15, 0.2) is 24.3 Å². The second-order valence-electron chi connectivity index (χ2n) is 7.04. The molecule has 1 aromatic carbocycles. The Morgan fingerprint density at radius 2 is 2.20 bits per heavy atom. The largest absolute Gasteiger partial charge is 0.444 e. The van der Waals surface area contributed by atoms with Gasteiger partial charge in [0.05, 0.1) is 0 Å². The van der Waals surface area contributed by atoms with E-state index < -0.39 is 5.60 Å². The number of ether oxygens (including phenoxy) is 1. The van der Waals surface area contributed by atoms with Gasteiger partial charge in [0.1, 0.15) is 5.60 Å². The summed E-state index contributed by atoms with van der Waals surface area (Å²) in [7, 11) is 0. The minimum Gasteiger partial charge on any atom is -0.444 e. The van der Waals surface area contributed by atoms with Crippen molar-refractivity contribution in [1.29, 1.82) is 0 Å². The Bertz CT molecular complexity index is 550. The first kappa shape index (κ1) is 13.3. The number of amides is 1. The summed E-state index contributed by atoms with van der Waals surface area (Å²) in [6, 6.07) is 8.05. The van der Waals surface area contributed by atoms with E-state index in [0.717, 1.165) is 25.2 Å². The Morgan fingerprint density at radius 3 is 2.85 bits per heavy atom. The van der Waals surface area contributed by atoms with Gasteiger partial charge in [0.2, 0.25) is 0 Å². The van der Waals surface area contributed by atoms with E-state index in [-0.39, 0.29) is 11.5 Å². The molecular formula is C16H22N2O2. The van der Waals surface area contributed by atoms with Crippen molar-refractivity contribution >= 4 is 11.8 Å². The van der Waals surface area contributed by atoms with Gasteiger partial charge in [-0.15, -0.1) is 0 Å². The molecule has 3 rings (SSSR count). The summed E-state index contributed by atoms with van der Waals surface area (Å²) in [5, 5.41) is 0. The van der Waals surface area contributed by atoms with Crippen LogP contribution < -0.4 is 5.73 Å². The molecule has 108 valence electrons. The fraction of sp³-hybridized carbons (Fsp3) is 0.562. The molecule has 0 spiro atoms. The van der Waals surface area contributed by atoms with Crippen molar-refractivity contribution in [2.75, 3.05) is 18.8 Å². The zero-order valence-electron chi connectivity index (χ0n) is 12.3. The Kier molecular flexibility index (Phi) is 2.75. The number of anilines is 1. The standard InChI is InChI=1S/C16H22N2O2/c1-15(2,3)20-14(19)18-9-12-8-16(12,10-18)11-5-4-6-13(17)7-11/h4-7,12H,8-10,17H2,1-3H3/t12-,16+/m1/s1. The van der Waals surface area contributed by atoms with Crippen LogP contribution in [-0.2, 0) is 10.2 Å². The van der Waals surface area contributed by atoms with E-state index in [1.807, 2.05) is 43.9 Å². The van der Waals surface area contributed by atoms with Crippen molar-refractivity contribution in [3.63, 3.8) is 0 Å². The van der Waals surface area contributed by atoms with Crippen LogP contribution in [0.5, 0.6) is 0 Å². The van der Waals surface area contributed by atoms with E-state index in [1.165, 1.54) is 5.56 Å². The van der Waals surface area contributed by atoms with E-state index in [4.69, 9.17) is 10.5 Å². The molecule has 1 saturated carbocycles. The Labute approximate surface area is 119 Å². The number of carbonyl (C=O) groups excluding carboxylic acids is 1. The van der Waals surface area contributed by atoms with Gasteiger partial charge in [0.15, 0.2) is 0 Å². The lowest BCUT2D eigenvalue weighted by Crippen LogP contribution is -2.37. The summed E-state index contributed by atoms with van der Waals surface area (Å²) in [6.07, 6.45) is 0.948. The number of fused-ring (bicyclic) bond motifs is 1. The van der Waals surface area contributed by atoms with Crippen LogP contribution in [0.1, 0.15) is 32.8 Å². The fourth-order valence-corrected chi connectivity index (χ4v) is 3.24. The van der Waals surface area contributed by atoms with Crippen LogP contribution in [0.3, 0.4) is 0 Å². The Balaban J connectivity index is 1.73. The highest BCUT2D eigenvalue weighted by atomic mass is 16.6. The maximum atomic E-state index is 12.1. The highest BCUT2D eigenvalue weighted by molar-refractivity contribution is 5.70. The lowest BCUT2D eigenvalue weighted by Gasteiger charge is -2.26. The van der Waals surface area contributed by atoms with Gasteiger partial charge in [-0.2, -0.15) is 0 Å². The van der Waals surface area contributed by atoms with Crippen LogP contribution >= 0.6 is 0 Å². The second-order valence-corrected chi connectivity index (χ2v) is 7.04. The summed E-state index contributed by atoms with van der Waals surface area (Å²) >= 11 is 0. The molecule has 0 aromatic heterocycles. The van der Waals surface area contributed by atoms with Gasteiger partial charge in [0.25, 0.3) is 0 Å². The molecule has 0 radical (unpaired) electrons. The quantitative estimate of drug-likeness (QED) is 0.801. The highest BCUT2D eigenvalue weighted by Gasteiger charge is 2.62. The molecule has 1 amide bonds. The number of nitrogens with zero attached hydrogens (tertiary/aromatic N) is 1. The number of hydrogen-bond acceptors (Lipinski definition) is 3. The monoisotopic (exact) mass is 274 g/mol. The minimum absolute atomic E-state index is 0.117. The van der Waals surface area contributed by atoms with Gasteiger partial charge in [-0.05, 0) is 50.8 Å². The number of piperidine rings is 1. The van der Waals surface area contributed by atoms with Crippen molar-refractivity contribution in [2.45, 2.75) is 38.2 Å². The molecule has 0 bridgehead atoms. The third-order valence-electron chi connectivity index (χ3n) is 4.26. The lowest BCUT2D eigenvalue weighted by atomic mass is 9.95. The maximum Gasteiger partial charge on any atom is 0.410 e. The molecule has 1 aliphatic heterocycles. The van der Waals surface area contributed by atoms with Crippen molar-refractivity contribution in [2.24, 2.45) is 5.92 Å². The van der Waals surface area contributed by atoms with Gasteiger partial charge in [-0.1, -0.05) is 12.1 Å². The zero-order valence-corrected chi connectivity index (χ0v) is 12.3. The number of hydrogen-bond donors (Lipinski definition) is 1. The molecule has 1 saturated heterocycles. The Morgan fingerprint density at radius 1 is 1.45 bits per heavy atom. The van der Waals surface area contributed by atoms with Gasteiger partial charge >= 0.3 is 6.09 Å². The fourth-order valence-electron chi connectivity index (χ4n) is 3.24. The molecule has 2 atom stereocenters. The second kappa shape index (κ2) is 4.14. The third kappa shape index (κ3) is 2.23. The first-order valence-electron chi connectivity index (χ1n) is 7.14. The van der Waals surface area contributed by atoms with Gasteiger partial charge < -0.3 is 15.4 Å². The molecule has 0 unspecified atom stereocenters. The Hall–Kier alpha value is -1.71. The summed E-state index contributed by atoms with van der Waals surface area (Å²) < 4.78 is 5.46. The molecule has 4 nitrogen and oxygen atoms in total. The molecule has 1 aromatic rings. The maximum absolute atomic E-state index is 12.1. The molecule has 4 heteroatoms. The number of likely N-dealkylation sites (tertiary alicyclic amines) is 1. The molecule has 2 aliphatic rings. The van der Waals surface area contributed by atoms with Crippen LogP contribution in [0, 0.1) is 5.92 Å². The lowest BCUT2D eigenvalue weighted by molar-refractivity contribution is 0.0270. The molecule has 20 heavy (non-hydrogen) atoms. The van der Waals surface area contributed by atoms with E-state index in [1.54, 1.807) is 0 Å². The molecule has 2 fully saturated rings. The van der Waals surface area contributed by atoms with Gasteiger partial charge in [-0.3, -0.25) is 0 Å². The van der Waals surface area contributed by atoms with E-state index in [2.05, 4.69) is 6.07 Å². The van der Waals surface area contributed by atoms with Crippen LogP contribution in [0.2, 0.25) is 0 Å². The highest BCUT2D eigenvalue weighted by Crippen LogP contribution is 2.59. The van der Waals surface area contributed by atoms with Gasteiger partial charge in [-0.25, -0.2) is 4.79 Å². The number of rotatable bonds is 1. The number of benzene rings is 1. The van der Waals surface area contributed by atoms with Crippen LogP contribution in [0.25, 0.3) is 0 Å². The minimum atomic E-state index is -0.436. The molecular weight excluding hydrogens is 252 g/mol. The first-order chi connectivity index (χ1) is 9.30. The van der Waals surface area contributed by atoms with Crippen molar-refractivity contribution < 1.29 is 9.53 Å². The normalized spacial score (nSPS) is 28.1. The molecule has 1 heterocycles. The van der Waals surface area contributed by atoms with Crippen molar-refractivity contribution in [1.82, 2.24) is 4.90 Å². The smallest absolute Gasteiger partial charge is 0.410 e. The SMILES string of the molecule is CC(C)(C)OC(=O)N1C[C@H]2C[C@@]2(c2cccc(N)c2)C1. The predicted molar refractivity (Wildman–Crippen MR) is 78.4 cm³/mol. The summed E-state index contributed by atoms with van der Waals surface area (Å²) in [6.45, 7) is 7.24. The van der Waals surface area contributed by atoms with Gasteiger partial charge in [0, 0.05) is 24.2 Å². The third-order valence-corrected chi connectivity index (χ3v) is 4.26. The van der Waals surface area contributed by atoms with Crippen molar-refractivity contribution in [3.8, 4) is 0 Å². The number of nitrogen functional groups attached to an aromatic ring is 1. The average molecular weight is 274 g/mol. The van der Waals surface area contributed by atoms with E-state index >= 15 is 0 Å². The van der Waals surface area contributed by atoms with E-state index in [0.29, 0.717) is 5.92 Å². The topological polar surface area (TPSA) is 55.6 Å². The van der Waals surface area contributed by atoms with E-state index in [9.17, 15) is 4.79 Å². The molecule has 1 aliphatic carbocycles. The number of carbonyl (C=O) groups is 1. The van der Waals surface area contributed by atoms with Crippen LogP contribution in [0.4, 0.5) is 10.5 Å². The molecule has 2 N–H and O–H groups in total.